The van der Waals surface area contributed by atoms with E-state index >= 15 is 0 Å². The molecule has 5 nitrogen and oxygen atoms in total. The molecule has 0 radical (unpaired) electrons. The first kappa shape index (κ1) is 25.5. The number of para-hydroxylation sites is 1. The van der Waals surface area contributed by atoms with Crippen LogP contribution in [0.2, 0.25) is 0 Å². The maximum absolute atomic E-state index is 13.8. The van der Waals surface area contributed by atoms with E-state index in [4.69, 9.17) is 9.47 Å². The molecule has 4 rings (SSSR count). The zero-order chi connectivity index (χ0) is 23.5. The summed E-state index contributed by atoms with van der Waals surface area (Å²) >= 11 is 0. The summed E-state index contributed by atoms with van der Waals surface area (Å²) in [6.45, 7) is 4.61. The van der Waals surface area contributed by atoms with Crippen LogP contribution in [-0.2, 0) is 0 Å². The predicted molar refractivity (Wildman–Crippen MR) is 132 cm³/mol. The van der Waals surface area contributed by atoms with E-state index in [0.29, 0.717) is 13.0 Å². The van der Waals surface area contributed by atoms with Gasteiger partial charge in [0, 0.05) is 24.1 Å². The van der Waals surface area contributed by atoms with Crippen LogP contribution in [0.3, 0.4) is 0 Å². The van der Waals surface area contributed by atoms with Crippen LogP contribution in [0, 0.1) is 12.7 Å². The number of ether oxygens (including phenoxy) is 2. The van der Waals surface area contributed by atoms with Crippen molar-refractivity contribution in [3.63, 3.8) is 0 Å². The van der Waals surface area contributed by atoms with Crippen LogP contribution in [0.1, 0.15) is 57.9 Å². The molecule has 0 amide bonds. The van der Waals surface area contributed by atoms with Gasteiger partial charge in [-0.15, -0.1) is 12.4 Å². The maximum Gasteiger partial charge on any atom is 0.335 e. The topological polar surface area (TPSA) is 67.8 Å². The smallest absolute Gasteiger partial charge is 0.335 e. The highest BCUT2D eigenvalue weighted by molar-refractivity contribution is 5.88. The first-order chi connectivity index (χ1) is 15.9. The van der Waals surface area contributed by atoms with Crippen molar-refractivity contribution in [2.75, 3.05) is 13.7 Å². The van der Waals surface area contributed by atoms with E-state index in [-0.39, 0.29) is 47.6 Å². The lowest BCUT2D eigenvalue weighted by Crippen LogP contribution is -2.37. The molecule has 0 saturated heterocycles. The van der Waals surface area contributed by atoms with Crippen molar-refractivity contribution in [1.29, 1.82) is 0 Å². The summed E-state index contributed by atoms with van der Waals surface area (Å²) in [5.41, 5.74) is 4.34. The van der Waals surface area contributed by atoms with Crippen LogP contribution in [0.25, 0.3) is 0 Å². The lowest BCUT2D eigenvalue weighted by Gasteiger charge is -2.34. The number of carbonyl (C=O) groups is 1. The van der Waals surface area contributed by atoms with Crippen LogP contribution < -0.4 is 14.8 Å². The minimum Gasteiger partial charge on any atom is -0.494 e. The lowest BCUT2D eigenvalue weighted by molar-refractivity contribution is 0.0696. The van der Waals surface area contributed by atoms with Crippen molar-refractivity contribution in [3.8, 4) is 11.5 Å². The normalized spacial score (nSPS) is 17.6. The fourth-order valence-electron chi connectivity index (χ4n) is 4.43. The number of fused-ring (bicyclic) bond motifs is 1. The molecule has 1 aliphatic rings. The molecule has 1 heterocycles. The molecular formula is C27H29ClFNO4. The molecule has 3 aromatic rings. The van der Waals surface area contributed by atoms with Crippen LogP contribution in [0.5, 0.6) is 11.5 Å². The number of rotatable bonds is 7. The molecular weight excluding hydrogens is 457 g/mol. The fraction of sp³-hybridized carbons (Fsp3) is 0.296. The fourth-order valence-corrected chi connectivity index (χ4v) is 4.43. The summed E-state index contributed by atoms with van der Waals surface area (Å²) in [4.78, 5) is 11.6. The third-order valence-electron chi connectivity index (χ3n) is 6.32. The van der Waals surface area contributed by atoms with Crippen molar-refractivity contribution in [2.45, 2.75) is 38.3 Å². The van der Waals surface area contributed by atoms with Gasteiger partial charge in [0.2, 0.25) is 0 Å². The quantitative estimate of drug-likeness (QED) is 0.436. The molecule has 0 fully saturated rings. The standard InChI is InChI=1S/C27H28FNO4.ClH/c1-16-8-9-19(27(30)31)12-22(16)23-14-20(33-25-7-5-4-6-21(23)25)15-29-17(2)18-10-11-24(28)26(13-18)32-3;/h4-13,17,20,23,29H,14-15H2,1-3H3,(H,30,31);1H/t17-,20-,23-;/m1./s1. The highest BCUT2D eigenvalue weighted by Gasteiger charge is 2.30. The molecule has 0 spiro atoms. The largest absolute Gasteiger partial charge is 0.494 e. The van der Waals surface area contributed by atoms with E-state index < -0.39 is 5.97 Å². The molecule has 180 valence electrons. The second kappa shape index (κ2) is 10.9. The van der Waals surface area contributed by atoms with Crippen molar-refractivity contribution >= 4 is 18.4 Å². The summed E-state index contributed by atoms with van der Waals surface area (Å²) in [6, 6.07) is 18.0. The number of aryl methyl sites for hydroxylation is 1. The third kappa shape index (κ3) is 5.34. The van der Waals surface area contributed by atoms with E-state index in [1.54, 1.807) is 24.3 Å². The Bertz CT molecular complexity index is 1170. The molecule has 0 saturated carbocycles. The number of aromatic carboxylic acids is 1. The molecule has 0 aromatic heterocycles. The molecule has 7 heteroatoms. The van der Waals surface area contributed by atoms with Crippen LogP contribution in [0.15, 0.2) is 60.7 Å². The third-order valence-corrected chi connectivity index (χ3v) is 6.32. The molecule has 3 atom stereocenters. The van der Waals surface area contributed by atoms with Crippen molar-refractivity contribution in [3.05, 3.63) is 94.3 Å². The first-order valence-corrected chi connectivity index (χ1v) is 11.0. The summed E-state index contributed by atoms with van der Waals surface area (Å²) in [6.07, 6.45) is 0.607. The Labute approximate surface area is 205 Å². The predicted octanol–water partition coefficient (Wildman–Crippen LogP) is 5.90. The van der Waals surface area contributed by atoms with E-state index in [1.165, 1.54) is 13.2 Å². The van der Waals surface area contributed by atoms with Gasteiger partial charge in [0.15, 0.2) is 11.6 Å². The van der Waals surface area contributed by atoms with Crippen molar-refractivity contribution < 1.29 is 23.8 Å². The lowest BCUT2D eigenvalue weighted by atomic mass is 9.81. The Balaban J connectivity index is 0.00000324. The Morgan fingerprint density at radius 1 is 1.18 bits per heavy atom. The molecule has 0 bridgehead atoms. The number of nitrogens with one attached hydrogen (secondary N) is 1. The average Bonchev–Trinajstić information content (AvgIpc) is 2.82. The van der Waals surface area contributed by atoms with Gasteiger partial charge in [0.05, 0.1) is 12.7 Å². The van der Waals surface area contributed by atoms with Gasteiger partial charge in [0.25, 0.3) is 0 Å². The minimum atomic E-state index is -0.932. The van der Waals surface area contributed by atoms with Gasteiger partial charge in [-0.05, 0) is 67.3 Å². The zero-order valence-corrected chi connectivity index (χ0v) is 20.2. The van der Waals surface area contributed by atoms with E-state index in [9.17, 15) is 14.3 Å². The van der Waals surface area contributed by atoms with Crippen LogP contribution in [-0.4, -0.2) is 30.8 Å². The number of hydrogen-bond acceptors (Lipinski definition) is 4. The molecule has 0 unspecified atom stereocenters. The Morgan fingerprint density at radius 3 is 2.68 bits per heavy atom. The second-order valence-electron chi connectivity index (χ2n) is 8.47. The molecule has 2 N–H and O–H groups in total. The zero-order valence-electron chi connectivity index (χ0n) is 19.4. The first-order valence-electron chi connectivity index (χ1n) is 11.0. The van der Waals surface area contributed by atoms with Gasteiger partial charge in [0.1, 0.15) is 11.9 Å². The van der Waals surface area contributed by atoms with Gasteiger partial charge >= 0.3 is 5.97 Å². The SMILES string of the molecule is COc1cc([C@@H](C)NC[C@H]2C[C@@H](c3cc(C(=O)O)ccc3C)c3ccccc3O2)ccc1F.Cl. The Hall–Kier alpha value is -3.09. The molecule has 3 aromatic carbocycles. The number of halogens is 2. The number of methoxy groups -OCH3 is 1. The maximum atomic E-state index is 13.8. The van der Waals surface area contributed by atoms with Crippen molar-refractivity contribution in [2.24, 2.45) is 0 Å². The number of benzene rings is 3. The van der Waals surface area contributed by atoms with E-state index in [2.05, 4.69) is 5.32 Å². The van der Waals surface area contributed by atoms with Gasteiger partial charge in [-0.2, -0.15) is 0 Å². The Kier molecular flexibility index (Phi) is 8.18. The number of hydrogen-bond donors (Lipinski definition) is 2. The van der Waals surface area contributed by atoms with Gasteiger partial charge in [-0.1, -0.05) is 30.3 Å². The highest BCUT2D eigenvalue weighted by atomic mass is 35.5. The molecule has 34 heavy (non-hydrogen) atoms. The van der Waals surface area contributed by atoms with Crippen LogP contribution >= 0.6 is 12.4 Å². The van der Waals surface area contributed by atoms with E-state index in [1.807, 2.05) is 44.2 Å². The van der Waals surface area contributed by atoms with Crippen molar-refractivity contribution in [1.82, 2.24) is 5.32 Å². The summed E-state index contributed by atoms with van der Waals surface area (Å²) in [5, 5.41) is 13.0. The van der Waals surface area contributed by atoms with Gasteiger partial charge in [-0.3, -0.25) is 0 Å². The second-order valence-corrected chi connectivity index (χ2v) is 8.47. The molecule has 1 aliphatic heterocycles. The summed E-state index contributed by atoms with van der Waals surface area (Å²) in [7, 11) is 1.45. The average molecular weight is 486 g/mol. The number of carboxylic acid groups (broad SMARTS) is 1. The van der Waals surface area contributed by atoms with Gasteiger partial charge in [-0.25, -0.2) is 9.18 Å². The minimum absolute atomic E-state index is 0. The summed E-state index contributed by atoms with van der Waals surface area (Å²) in [5.74, 6) is -0.252. The Morgan fingerprint density at radius 2 is 1.94 bits per heavy atom. The molecule has 0 aliphatic carbocycles. The number of carboxylic acids is 1. The summed E-state index contributed by atoms with van der Waals surface area (Å²) < 4.78 is 25.2. The monoisotopic (exact) mass is 485 g/mol. The van der Waals surface area contributed by atoms with Crippen LogP contribution in [0.4, 0.5) is 4.39 Å². The van der Waals surface area contributed by atoms with Gasteiger partial charge < -0.3 is 19.9 Å². The van der Waals surface area contributed by atoms with E-state index in [0.717, 1.165) is 28.0 Å². The highest BCUT2D eigenvalue weighted by Crippen LogP contribution is 2.41.